The van der Waals surface area contributed by atoms with E-state index in [2.05, 4.69) is 28.7 Å². The lowest BCUT2D eigenvalue weighted by molar-refractivity contribution is -0.144. The Kier molecular flexibility index (Phi) is 6.02. The normalized spacial score (nSPS) is 17.9. The van der Waals surface area contributed by atoms with E-state index in [0.717, 1.165) is 58.0 Å². The standard InChI is InChI=1S/C29H33N3O4/c1-5-6-15-31-17-21(19-12-8-10-14-23(19)31)26-25-20(18-11-7-9-13-22(18)30-25)16-24(27(33)34)32(26)28(35)36-29(2,3)4/h7-14,17,24,26,30H,5-6,15-16H2,1-4H3,(H,33,34)/t24?,26-/m0/s1. The molecule has 0 bridgehead atoms. The van der Waals surface area contributed by atoms with Gasteiger partial charge < -0.3 is 19.4 Å². The summed E-state index contributed by atoms with van der Waals surface area (Å²) in [5.41, 5.74) is 3.91. The number of hydrogen-bond donors (Lipinski definition) is 2. The molecule has 0 saturated carbocycles. The number of aromatic nitrogens is 2. The lowest BCUT2D eigenvalue weighted by Gasteiger charge is -2.40. The van der Waals surface area contributed by atoms with Crippen molar-refractivity contribution in [3.05, 3.63) is 71.5 Å². The third kappa shape index (κ3) is 4.12. The maximum absolute atomic E-state index is 13.7. The topological polar surface area (TPSA) is 87.6 Å². The molecule has 2 N–H and O–H groups in total. The number of aromatic amines is 1. The maximum Gasteiger partial charge on any atom is 0.411 e. The van der Waals surface area contributed by atoms with Gasteiger partial charge in [-0.25, -0.2) is 9.59 Å². The minimum absolute atomic E-state index is 0.207. The first-order valence-corrected chi connectivity index (χ1v) is 12.6. The van der Waals surface area contributed by atoms with Crippen molar-refractivity contribution in [2.45, 2.75) is 71.2 Å². The predicted octanol–water partition coefficient (Wildman–Crippen LogP) is 6.26. The largest absolute Gasteiger partial charge is 0.480 e. The summed E-state index contributed by atoms with van der Waals surface area (Å²) in [6.07, 6.45) is 3.74. The molecule has 1 unspecified atom stereocenters. The predicted molar refractivity (Wildman–Crippen MR) is 140 cm³/mol. The highest BCUT2D eigenvalue weighted by molar-refractivity contribution is 5.91. The van der Waals surface area contributed by atoms with Gasteiger partial charge in [0, 0.05) is 52.2 Å². The number of nitrogens with one attached hydrogen (secondary N) is 1. The van der Waals surface area contributed by atoms with Gasteiger partial charge in [-0.3, -0.25) is 4.90 Å². The number of rotatable bonds is 5. The SMILES string of the molecule is CCCCn1cc([C@H]2c3[nH]c4ccccc4c3CC(C(=O)O)N2C(=O)OC(C)(C)C)c2ccccc21. The van der Waals surface area contributed by atoms with Crippen molar-refractivity contribution >= 4 is 33.9 Å². The van der Waals surface area contributed by atoms with Gasteiger partial charge in [0.1, 0.15) is 17.7 Å². The van der Waals surface area contributed by atoms with Crippen molar-refractivity contribution in [2.24, 2.45) is 0 Å². The summed E-state index contributed by atoms with van der Waals surface area (Å²) >= 11 is 0. The van der Waals surface area contributed by atoms with Gasteiger partial charge in [-0.05, 0) is 44.9 Å². The molecule has 2 aromatic heterocycles. The molecule has 7 heteroatoms. The molecule has 2 aromatic carbocycles. The molecule has 0 radical (unpaired) electrons. The van der Waals surface area contributed by atoms with Crippen molar-refractivity contribution in [1.29, 1.82) is 0 Å². The van der Waals surface area contributed by atoms with Crippen molar-refractivity contribution in [2.75, 3.05) is 0 Å². The molecule has 0 aliphatic carbocycles. The summed E-state index contributed by atoms with van der Waals surface area (Å²) in [5.74, 6) is -1.04. The quantitative estimate of drug-likeness (QED) is 0.348. The summed E-state index contributed by atoms with van der Waals surface area (Å²) in [6.45, 7) is 8.39. The second kappa shape index (κ2) is 9.04. The highest BCUT2D eigenvalue weighted by Crippen LogP contribution is 2.44. The van der Waals surface area contributed by atoms with E-state index in [0.29, 0.717) is 0 Å². The fourth-order valence-electron chi connectivity index (χ4n) is 5.35. The lowest BCUT2D eigenvalue weighted by atomic mass is 9.88. The summed E-state index contributed by atoms with van der Waals surface area (Å²) in [4.78, 5) is 31.3. The molecule has 1 aliphatic rings. The second-order valence-electron chi connectivity index (χ2n) is 10.6. The zero-order valence-electron chi connectivity index (χ0n) is 21.2. The van der Waals surface area contributed by atoms with E-state index in [1.165, 1.54) is 4.90 Å². The first-order valence-electron chi connectivity index (χ1n) is 12.6. The van der Waals surface area contributed by atoms with E-state index in [4.69, 9.17) is 4.74 Å². The molecule has 1 amide bonds. The summed E-state index contributed by atoms with van der Waals surface area (Å²) in [6, 6.07) is 14.3. The number of aryl methyl sites for hydroxylation is 1. The number of carbonyl (C=O) groups excluding carboxylic acids is 1. The molecule has 36 heavy (non-hydrogen) atoms. The number of carboxylic acids is 1. The zero-order valence-corrected chi connectivity index (χ0v) is 21.2. The Morgan fingerprint density at radius 1 is 1.08 bits per heavy atom. The van der Waals surface area contributed by atoms with Crippen molar-refractivity contribution in [3.63, 3.8) is 0 Å². The molecular weight excluding hydrogens is 454 g/mol. The van der Waals surface area contributed by atoms with Crippen LogP contribution in [-0.2, 0) is 22.5 Å². The number of H-pyrrole nitrogens is 1. The van der Waals surface area contributed by atoms with Gasteiger partial charge in [0.2, 0.25) is 0 Å². The molecule has 0 spiro atoms. The molecule has 1 aliphatic heterocycles. The number of fused-ring (bicyclic) bond motifs is 4. The smallest absolute Gasteiger partial charge is 0.411 e. The van der Waals surface area contributed by atoms with Gasteiger partial charge in [0.05, 0.1) is 0 Å². The highest BCUT2D eigenvalue weighted by atomic mass is 16.6. The Labute approximate surface area is 210 Å². The van der Waals surface area contributed by atoms with Crippen LogP contribution in [0.1, 0.15) is 63.4 Å². The number of unbranched alkanes of at least 4 members (excludes halogenated alkanes) is 1. The van der Waals surface area contributed by atoms with Crippen molar-refractivity contribution in [3.8, 4) is 0 Å². The first-order chi connectivity index (χ1) is 17.2. The second-order valence-corrected chi connectivity index (χ2v) is 10.6. The minimum Gasteiger partial charge on any atom is -0.480 e. The lowest BCUT2D eigenvalue weighted by Crippen LogP contribution is -2.52. The zero-order chi connectivity index (χ0) is 25.6. The van der Waals surface area contributed by atoms with Crippen molar-refractivity contribution in [1.82, 2.24) is 14.5 Å². The number of para-hydroxylation sites is 2. The van der Waals surface area contributed by atoms with Crippen LogP contribution in [0.3, 0.4) is 0 Å². The number of hydrogen-bond acceptors (Lipinski definition) is 3. The molecule has 0 fully saturated rings. The molecule has 188 valence electrons. The fourth-order valence-corrected chi connectivity index (χ4v) is 5.35. The number of carboxylic acid groups (broad SMARTS) is 1. The fraction of sp³-hybridized carbons (Fsp3) is 0.379. The van der Waals surface area contributed by atoms with Crippen LogP contribution in [0.15, 0.2) is 54.7 Å². The Morgan fingerprint density at radius 3 is 2.47 bits per heavy atom. The van der Waals surface area contributed by atoms with Gasteiger partial charge in [0.25, 0.3) is 0 Å². The molecular formula is C29H33N3O4. The van der Waals surface area contributed by atoms with Crippen LogP contribution in [0.5, 0.6) is 0 Å². The van der Waals surface area contributed by atoms with Crippen LogP contribution >= 0.6 is 0 Å². The molecule has 7 nitrogen and oxygen atoms in total. The molecule has 4 aromatic rings. The van der Waals surface area contributed by atoms with Crippen LogP contribution in [0, 0.1) is 0 Å². The number of nitrogens with zero attached hydrogens (tertiary/aromatic N) is 2. The Bertz CT molecular complexity index is 1440. The Morgan fingerprint density at radius 2 is 1.78 bits per heavy atom. The van der Waals surface area contributed by atoms with Crippen LogP contribution in [0.2, 0.25) is 0 Å². The minimum atomic E-state index is -1.06. The van der Waals surface area contributed by atoms with E-state index in [1.54, 1.807) is 20.8 Å². The average molecular weight is 488 g/mol. The number of ether oxygens (including phenoxy) is 1. The number of carbonyl (C=O) groups is 2. The number of benzene rings is 2. The third-order valence-corrected chi connectivity index (χ3v) is 6.89. The monoisotopic (exact) mass is 487 g/mol. The average Bonchev–Trinajstić information content (AvgIpc) is 3.38. The van der Waals surface area contributed by atoms with Crippen LogP contribution in [0.4, 0.5) is 4.79 Å². The van der Waals surface area contributed by atoms with Crippen LogP contribution in [0.25, 0.3) is 21.8 Å². The number of aliphatic carboxylic acids is 1. The van der Waals surface area contributed by atoms with E-state index < -0.39 is 29.7 Å². The first kappa shape index (κ1) is 24.0. The third-order valence-electron chi connectivity index (χ3n) is 6.89. The molecule has 0 saturated heterocycles. The van der Waals surface area contributed by atoms with Gasteiger partial charge in [-0.15, -0.1) is 0 Å². The van der Waals surface area contributed by atoms with Gasteiger partial charge in [-0.1, -0.05) is 49.7 Å². The maximum atomic E-state index is 13.7. The molecule has 5 rings (SSSR count). The summed E-state index contributed by atoms with van der Waals surface area (Å²) in [7, 11) is 0. The Hall–Kier alpha value is -3.74. The summed E-state index contributed by atoms with van der Waals surface area (Å²) in [5, 5.41) is 12.3. The Balaban J connectivity index is 1.78. The highest BCUT2D eigenvalue weighted by Gasteiger charge is 2.46. The van der Waals surface area contributed by atoms with E-state index in [1.807, 2.05) is 42.5 Å². The van der Waals surface area contributed by atoms with Gasteiger partial charge in [-0.2, -0.15) is 0 Å². The van der Waals surface area contributed by atoms with Crippen molar-refractivity contribution < 1.29 is 19.4 Å². The van der Waals surface area contributed by atoms with E-state index in [9.17, 15) is 14.7 Å². The summed E-state index contributed by atoms with van der Waals surface area (Å²) < 4.78 is 8.00. The van der Waals surface area contributed by atoms with Crippen LogP contribution in [-0.4, -0.2) is 43.3 Å². The number of amides is 1. The molecule has 3 heterocycles. The van der Waals surface area contributed by atoms with E-state index >= 15 is 0 Å². The van der Waals surface area contributed by atoms with Gasteiger partial charge in [0.15, 0.2) is 0 Å². The molecule has 2 atom stereocenters. The van der Waals surface area contributed by atoms with Gasteiger partial charge >= 0.3 is 12.1 Å². The van der Waals surface area contributed by atoms with E-state index in [-0.39, 0.29) is 6.42 Å². The van der Waals surface area contributed by atoms with Crippen LogP contribution < -0.4 is 0 Å².